The van der Waals surface area contributed by atoms with Crippen molar-refractivity contribution >= 4 is 24.3 Å². The van der Waals surface area contributed by atoms with Gasteiger partial charge in [0, 0.05) is 0 Å². The number of ether oxygens (including phenoxy) is 1. The number of carboxylic acid groups (broad SMARTS) is 2. The van der Waals surface area contributed by atoms with Gasteiger partial charge in [0.25, 0.3) is 0 Å². The first-order valence-electron chi connectivity index (χ1n) is 5.28. The lowest BCUT2D eigenvalue weighted by Crippen LogP contribution is -2.49. The zero-order valence-electron chi connectivity index (χ0n) is 9.79. The van der Waals surface area contributed by atoms with E-state index in [1.54, 1.807) is 0 Å². The number of amides is 1. The highest BCUT2D eigenvalue weighted by molar-refractivity contribution is 5.95. The standard InChI is InChI=1S/C10H15NO7/c1-2-3-4-18-10(17)11-7(9(15)16)6(5-12)8(13)14/h5-7H,2-4H2,1H3,(H,11,17)(H,13,14)(H,15,16). The number of hydrogen-bond donors (Lipinski definition) is 3. The van der Waals surface area contributed by atoms with Gasteiger partial charge in [-0.15, -0.1) is 0 Å². The minimum atomic E-state index is -1.86. The maximum Gasteiger partial charge on any atom is 0.407 e. The predicted molar refractivity (Wildman–Crippen MR) is 58.0 cm³/mol. The second kappa shape index (κ2) is 8.04. The molecule has 2 unspecified atom stereocenters. The first-order chi connectivity index (χ1) is 8.43. The van der Waals surface area contributed by atoms with Gasteiger partial charge in [-0.05, 0) is 6.42 Å². The number of unbranched alkanes of at least 4 members (excludes halogenated alkanes) is 1. The van der Waals surface area contributed by atoms with Crippen molar-refractivity contribution in [1.82, 2.24) is 5.32 Å². The van der Waals surface area contributed by atoms with Crippen LogP contribution in [0.4, 0.5) is 4.79 Å². The average molecular weight is 261 g/mol. The molecule has 0 aromatic heterocycles. The van der Waals surface area contributed by atoms with E-state index in [1.807, 2.05) is 12.2 Å². The normalized spacial score (nSPS) is 13.2. The van der Waals surface area contributed by atoms with Crippen molar-refractivity contribution in [1.29, 1.82) is 0 Å². The molecule has 18 heavy (non-hydrogen) atoms. The third-order valence-electron chi connectivity index (χ3n) is 2.06. The zero-order valence-corrected chi connectivity index (χ0v) is 9.79. The van der Waals surface area contributed by atoms with Crippen LogP contribution in [0.25, 0.3) is 0 Å². The van der Waals surface area contributed by atoms with Gasteiger partial charge in [-0.1, -0.05) is 13.3 Å². The summed E-state index contributed by atoms with van der Waals surface area (Å²) in [4.78, 5) is 43.1. The van der Waals surface area contributed by atoms with Crippen molar-refractivity contribution in [3.63, 3.8) is 0 Å². The molecule has 8 heteroatoms. The number of aldehydes is 1. The molecule has 0 aliphatic rings. The number of aliphatic carboxylic acids is 2. The smallest absolute Gasteiger partial charge is 0.407 e. The fraction of sp³-hybridized carbons (Fsp3) is 0.600. The maximum absolute atomic E-state index is 11.2. The van der Waals surface area contributed by atoms with Crippen molar-refractivity contribution in [2.45, 2.75) is 25.8 Å². The summed E-state index contributed by atoms with van der Waals surface area (Å²) in [5, 5.41) is 19.2. The molecule has 0 heterocycles. The SMILES string of the molecule is CCCCOC(=O)NC(C(=O)O)C(C=O)C(=O)O. The molecular weight excluding hydrogens is 246 g/mol. The largest absolute Gasteiger partial charge is 0.481 e. The number of carbonyl (C=O) groups is 4. The highest BCUT2D eigenvalue weighted by atomic mass is 16.5. The Morgan fingerprint density at radius 2 is 1.89 bits per heavy atom. The topological polar surface area (TPSA) is 130 Å². The highest BCUT2D eigenvalue weighted by Crippen LogP contribution is 2.03. The van der Waals surface area contributed by atoms with E-state index in [1.165, 1.54) is 0 Å². The summed E-state index contributed by atoms with van der Waals surface area (Å²) in [7, 11) is 0. The van der Waals surface area contributed by atoms with Gasteiger partial charge in [0.2, 0.25) is 0 Å². The molecule has 0 aliphatic heterocycles. The maximum atomic E-state index is 11.2. The molecule has 0 radical (unpaired) electrons. The molecule has 0 bridgehead atoms. The van der Waals surface area contributed by atoms with E-state index < -0.39 is 30.0 Å². The summed E-state index contributed by atoms with van der Waals surface area (Å²) in [6.07, 6.45) is 0.264. The summed E-state index contributed by atoms with van der Waals surface area (Å²) in [6.45, 7) is 1.96. The lowest BCUT2D eigenvalue weighted by Gasteiger charge is -2.16. The minimum Gasteiger partial charge on any atom is -0.481 e. The van der Waals surface area contributed by atoms with Crippen LogP contribution in [0.1, 0.15) is 19.8 Å². The van der Waals surface area contributed by atoms with Crippen LogP contribution in [0.15, 0.2) is 0 Å². The van der Waals surface area contributed by atoms with Crippen LogP contribution in [0, 0.1) is 5.92 Å². The Hall–Kier alpha value is -2.12. The summed E-state index contributed by atoms with van der Waals surface area (Å²) in [5.41, 5.74) is 0. The Balaban J connectivity index is 4.53. The first-order valence-corrected chi connectivity index (χ1v) is 5.28. The Morgan fingerprint density at radius 3 is 2.28 bits per heavy atom. The molecular formula is C10H15NO7. The second-order valence-corrected chi connectivity index (χ2v) is 3.45. The summed E-state index contributed by atoms with van der Waals surface area (Å²) >= 11 is 0. The predicted octanol–water partition coefficient (Wildman–Crippen LogP) is -0.134. The Bertz CT molecular complexity index is 328. The number of carboxylic acids is 2. The van der Waals surface area contributed by atoms with Gasteiger partial charge in [0.05, 0.1) is 6.61 Å². The number of hydrogen-bond acceptors (Lipinski definition) is 5. The van der Waals surface area contributed by atoms with Crippen molar-refractivity contribution < 1.29 is 34.1 Å². The Morgan fingerprint density at radius 1 is 1.28 bits per heavy atom. The molecule has 0 aromatic rings. The van der Waals surface area contributed by atoms with Gasteiger partial charge in [-0.2, -0.15) is 0 Å². The van der Waals surface area contributed by atoms with E-state index in [2.05, 4.69) is 4.74 Å². The first kappa shape index (κ1) is 15.9. The molecule has 2 atom stereocenters. The monoisotopic (exact) mass is 261 g/mol. The summed E-state index contributed by atoms with van der Waals surface area (Å²) in [6, 6.07) is -1.85. The molecule has 3 N–H and O–H groups in total. The molecule has 0 saturated carbocycles. The molecule has 0 saturated heterocycles. The van der Waals surface area contributed by atoms with Crippen molar-refractivity contribution in [2.24, 2.45) is 5.92 Å². The van der Waals surface area contributed by atoms with Gasteiger partial charge in [0.15, 0.2) is 0 Å². The van der Waals surface area contributed by atoms with Gasteiger partial charge < -0.3 is 25.1 Å². The van der Waals surface area contributed by atoms with Crippen LogP contribution in [0.2, 0.25) is 0 Å². The summed E-state index contributed by atoms with van der Waals surface area (Å²) in [5.74, 6) is -5.12. The van der Waals surface area contributed by atoms with Crippen LogP contribution in [0.3, 0.4) is 0 Å². The number of carbonyl (C=O) groups excluding carboxylic acids is 2. The molecule has 0 fully saturated rings. The van der Waals surface area contributed by atoms with E-state index in [-0.39, 0.29) is 12.9 Å². The van der Waals surface area contributed by atoms with Gasteiger partial charge in [0.1, 0.15) is 18.2 Å². The van der Waals surface area contributed by atoms with Crippen LogP contribution in [0.5, 0.6) is 0 Å². The van der Waals surface area contributed by atoms with E-state index in [0.717, 1.165) is 6.42 Å². The van der Waals surface area contributed by atoms with Crippen LogP contribution in [-0.2, 0) is 19.1 Å². The van der Waals surface area contributed by atoms with Crippen LogP contribution >= 0.6 is 0 Å². The summed E-state index contributed by atoms with van der Waals surface area (Å²) < 4.78 is 4.62. The van der Waals surface area contributed by atoms with Gasteiger partial charge in [-0.3, -0.25) is 4.79 Å². The highest BCUT2D eigenvalue weighted by Gasteiger charge is 2.35. The van der Waals surface area contributed by atoms with E-state index in [0.29, 0.717) is 6.42 Å². The molecule has 1 amide bonds. The third kappa shape index (κ3) is 5.28. The third-order valence-corrected chi connectivity index (χ3v) is 2.06. The van der Waals surface area contributed by atoms with Crippen molar-refractivity contribution in [3.05, 3.63) is 0 Å². The lowest BCUT2D eigenvalue weighted by atomic mass is 10.0. The Labute approximate surface area is 103 Å². The molecule has 8 nitrogen and oxygen atoms in total. The van der Waals surface area contributed by atoms with Gasteiger partial charge >= 0.3 is 18.0 Å². The van der Waals surface area contributed by atoms with Crippen molar-refractivity contribution in [3.8, 4) is 0 Å². The van der Waals surface area contributed by atoms with Gasteiger partial charge in [-0.25, -0.2) is 9.59 Å². The van der Waals surface area contributed by atoms with E-state index in [4.69, 9.17) is 10.2 Å². The van der Waals surface area contributed by atoms with Crippen LogP contribution in [-0.4, -0.2) is 47.2 Å². The van der Waals surface area contributed by atoms with E-state index in [9.17, 15) is 19.2 Å². The number of rotatable bonds is 8. The zero-order chi connectivity index (χ0) is 14.1. The quantitative estimate of drug-likeness (QED) is 0.315. The molecule has 0 spiro atoms. The number of alkyl carbamates (subject to hydrolysis) is 1. The van der Waals surface area contributed by atoms with Crippen molar-refractivity contribution in [2.75, 3.05) is 6.61 Å². The number of nitrogens with one attached hydrogen (secondary N) is 1. The van der Waals surface area contributed by atoms with Crippen LogP contribution < -0.4 is 5.32 Å². The molecule has 102 valence electrons. The molecule has 0 rings (SSSR count). The van der Waals surface area contributed by atoms with E-state index >= 15 is 0 Å². The Kier molecular flexibility index (Phi) is 7.10. The molecule has 0 aromatic carbocycles. The lowest BCUT2D eigenvalue weighted by molar-refractivity contribution is -0.152. The molecule has 0 aliphatic carbocycles. The minimum absolute atomic E-state index is 0.0482. The fourth-order valence-electron chi connectivity index (χ4n) is 1.06. The fourth-order valence-corrected chi connectivity index (χ4v) is 1.06. The second-order valence-electron chi connectivity index (χ2n) is 3.45. The average Bonchev–Trinajstić information content (AvgIpc) is 2.28.